The molecule has 0 radical (unpaired) electrons. The summed E-state index contributed by atoms with van der Waals surface area (Å²) in [7, 11) is 0. The molecule has 1 fully saturated rings. The van der Waals surface area contributed by atoms with E-state index in [0.717, 1.165) is 13.0 Å². The first-order chi connectivity index (χ1) is 7.77. The molecule has 86 valence electrons. The number of nitrogens with one attached hydrogen (secondary N) is 1. The van der Waals surface area contributed by atoms with Crippen molar-refractivity contribution in [2.24, 2.45) is 0 Å². The maximum absolute atomic E-state index is 11.5. The number of amides is 2. The number of nitrogens with zero attached hydrogens (tertiary/aromatic N) is 2. The van der Waals surface area contributed by atoms with Crippen LogP contribution in [0.25, 0.3) is 0 Å². The van der Waals surface area contributed by atoms with E-state index in [4.69, 9.17) is 0 Å². The summed E-state index contributed by atoms with van der Waals surface area (Å²) in [4.78, 5) is 28.5. The van der Waals surface area contributed by atoms with Gasteiger partial charge in [-0.05, 0) is 6.42 Å². The van der Waals surface area contributed by atoms with Gasteiger partial charge in [-0.2, -0.15) is 0 Å². The molecule has 5 nitrogen and oxygen atoms in total. The standard InChI is InChI=1S/C10H13N3O2S/c14-9-2-1-4-13(9)5-3-11-10(15)8-6-16-7-12-8/h6-7H,1-5H2,(H,11,15). The molecule has 0 bridgehead atoms. The molecule has 0 atom stereocenters. The first kappa shape index (κ1) is 11.1. The number of aromatic nitrogens is 1. The van der Waals surface area contributed by atoms with Gasteiger partial charge in [0.15, 0.2) is 0 Å². The van der Waals surface area contributed by atoms with Gasteiger partial charge in [-0.25, -0.2) is 4.98 Å². The van der Waals surface area contributed by atoms with E-state index in [0.29, 0.717) is 25.2 Å². The minimum atomic E-state index is -0.173. The fourth-order valence-electron chi connectivity index (χ4n) is 1.66. The van der Waals surface area contributed by atoms with Crippen molar-refractivity contribution in [3.8, 4) is 0 Å². The van der Waals surface area contributed by atoms with Crippen molar-refractivity contribution in [3.05, 3.63) is 16.6 Å². The van der Waals surface area contributed by atoms with Crippen LogP contribution in [-0.4, -0.2) is 41.3 Å². The minimum Gasteiger partial charge on any atom is -0.349 e. The van der Waals surface area contributed by atoms with Crippen molar-refractivity contribution in [2.75, 3.05) is 19.6 Å². The maximum Gasteiger partial charge on any atom is 0.270 e. The molecule has 6 heteroatoms. The zero-order chi connectivity index (χ0) is 11.4. The summed E-state index contributed by atoms with van der Waals surface area (Å²) in [6.45, 7) is 1.89. The molecule has 2 heterocycles. The molecule has 0 aromatic carbocycles. The molecule has 0 saturated carbocycles. The lowest BCUT2D eigenvalue weighted by atomic mass is 10.4. The quantitative estimate of drug-likeness (QED) is 0.832. The van der Waals surface area contributed by atoms with E-state index in [9.17, 15) is 9.59 Å². The molecule has 1 N–H and O–H groups in total. The molecule has 16 heavy (non-hydrogen) atoms. The molecule has 2 rings (SSSR count). The van der Waals surface area contributed by atoms with Gasteiger partial charge in [-0.15, -0.1) is 11.3 Å². The van der Waals surface area contributed by atoms with Gasteiger partial charge in [0, 0.05) is 31.4 Å². The summed E-state index contributed by atoms with van der Waals surface area (Å²) >= 11 is 1.39. The highest BCUT2D eigenvalue weighted by Gasteiger charge is 2.19. The molecule has 1 saturated heterocycles. The average Bonchev–Trinajstić information content (AvgIpc) is 2.90. The molecule has 1 aromatic rings. The molecule has 0 spiro atoms. The molecule has 1 aliphatic heterocycles. The van der Waals surface area contributed by atoms with Crippen molar-refractivity contribution in [3.63, 3.8) is 0 Å². The Morgan fingerprint density at radius 3 is 3.12 bits per heavy atom. The van der Waals surface area contributed by atoms with E-state index in [1.165, 1.54) is 11.3 Å². The summed E-state index contributed by atoms with van der Waals surface area (Å²) < 4.78 is 0. The van der Waals surface area contributed by atoms with Gasteiger partial charge in [-0.3, -0.25) is 9.59 Å². The average molecular weight is 239 g/mol. The zero-order valence-electron chi connectivity index (χ0n) is 8.81. The number of hydrogen-bond donors (Lipinski definition) is 1. The second-order valence-corrected chi connectivity index (χ2v) is 4.33. The number of carbonyl (C=O) groups excluding carboxylic acids is 2. The number of carbonyl (C=O) groups is 2. The lowest BCUT2D eigenvalue weighted by Crippen LogP contribution is -2.35. The van der Waals surface area contributed by atoms with Crippen molar-refractivity contribution in [1.29, 1.82) is 0 Å². The van der Waals surface area contributed by atoms with Crippen LogP contribution in [-0.2, 0) is 4.79 Å². The third-order valence-corrected chi connectivity index (χ3v) is 3.09. The van der Waals surface area contributed by atoms with Crippen molar-refractivity contribution < 1.29 is 9.59 Å². The molecule has 1 aliphatic rings. The van der Waals surface area contributed by atoms with Crippen LogP contribution in [0.3, 0.4) is 0 Å². The van der Waals surface area contributed by atoms with Gasteiger partial charge in [0.2, 0.25) is 5.91 Å². The smallest absolute Gasteiger partial charge is 0.270 e. The second kappa shape index (κ2) is 5.07. The fraction of sp³-hybridized carbons (Fsp3) is 0.500. The topological polar surface area (TPSA) is 62.3 Å². The van der Waals surface area contributed by atoms with Gasteiger partial charge in [0.05, 0.1) is 5.51 Å². The Labute approximate surface area is 97.5 Å². The lowest BCUT2D eigenvalue weighted by molar-refractivity contribution is -0.127. The van der Waals surface area contributed by atoms with E-state index in [2.05, 4.69) is 10.3 Å². The third kappa shape index (κ3) is 2.57. The Balaban J connectivity index is 1.72. The summed E-state index contributed by atoms with van der Waals surface area (Å²) in [5, 5.41) is 4.45. The Bertz CT molecular complexity index is 377. The van der Waals surface area contributed by atoms with Gasteiger partial charge in [0.25, 0.3) is 5.91 Å². The van der Waals surface area contributed by atoms with Crippen molar-refractivity contribution in [1.82, 2.24) is 15.2 Å². The number of hydrogen-bond acceptors (Lipinski definition) is 4. The van der Waals surface area contributed by atoms with Crippen molar-refractivity contribution in [2.45, 2.75) is 12.8 Å². The van der Waals surface area contributed by atoms with Crippen LogP contribution in [0.2, 0.25) is 0 Å². The fourth-order valence-corrected chi connectivity index (χ4v) is 2.19. The molecule has 0 aliphatic carbocycles. The van der Waals surface area contributed by atoms with E-state index >= 15 is 0 Å². The Morgan fingerprint density at radius 2 is 2.50 bits per heavy atom. The largest absolute Gasteiger partial charge is 0.349 e. The highest BCUT2D eigenvalue weighted by atomic mass is 32.1. The summed E-state index contributed by atoms with van der Waals surface area (Å²) in [5.41, 5.74) is 2.07. The van der Waals surface area contributed by atoms with Crippen LogP contribution in [0.5, 0.6) is 0 Å². The molecular weight excluding hydrogens is 226 g/mol. The molecular formula is C10H13N3O2S. The highest BCUT2D eigenvalue weighted by molar-refractivity contribution is 7.07. The molecule has 2 amide bonds. The predicted molar refractivity (Wildman–Crippen MR) is 60.3 cm³/mol. The van der Waals surface area contributed by atoms with Crippen LogP contribution >= 0.6 is 11.3 Å². The van der Waals surface area contributed by atoms with Gasteiger partial charge in [0.1, 0.15) is 5.69 Å². The minimum absolute atomic E-state index is 0.173. The predicted octanol–water partition coefficient (Wildman–Crippen LogP) is 0.495. The molecule has 1 aromatic heterocycles. The van der Waals surface area contributed by atoms with Crippen molar-refractivity contribution >= 4 is 23.2 Å². The summed E-state index contributed by atoms with van der Waals surface area (Å²) in [5.74, 6) is 0.0100. The normalized spacial score (nSPS) is 15.5. The van der Waals surface area contributed by atoms with Gasteiger partial charge >= 0.3 is 0 Å². The molecule has 0 unspecified atom stereocenters. The zero-order valence-corrected chi connectivity index (χ0v) is 9.63. The summed E-state index contributed by atoms with van der Waals surface area (Å²) in [6.07, 6.45) is 1.57. The third-order valence-electron chi connectivity index (χ3n) is 2.50. The number of rotatable bonds is 4. The maximum atomic E-state index is 11.5. The first-order valence-corrected chi connectivity index (χ1v) is 6.16. The summed E-state index contributed by atoms with van der Waals surface area (Å²) in [6, 6.07) is 0. The van der Waals surface area contributed by atoms with Crippen LogP contribution < -0.4 is 5.32 Å². The van der Waals surface area contributed by atoms with E-state index in [-0.39, 0.29) is 11.8 Å². The number of thiazole rings is 1. The Morgan fingerprint density at radius 1 is 1.62 bits per heavy atom. The van der Waals surface area contributed by atoms with Gasteiger partial charge in [-0.1, -0.05) is 0 Å². The Kier molecular flexibility index (Phi) is 3.51. The SMILES string of the molecule is O=C(NCCN1CCCC1=O)c1cscn1. The highest BCUT2D eigenvalue weighted by Crippen LogP contribution is 2.08. The monoisotopic (exact) mass is 239 g/mol. The Hall–Kier alpha value is -1.43. The van der Waals surface area contributed by atoms with Gasteiger partial charge < -0.3 is 10.2 Å². The second-order valence-electron chi connectivity index (χ2n) is 3.61. The lowest BCUT2D eigenvalue weighted by Gasteiger charge is -2.15. The van der Waals surface area contributed by atoms with E-state index in [1.807, 2.05) is 0 Å². The van der Waals surface area contributed by atoms with Crippen LogP contribution in [0.15, 0.2) is 10.9 Å². The van der Waals surface area contributed by atoms with Crippen LogP contribution in [0, 0.1) is 0 Å². The van der Waals surface area contributed by atoms with E-state index < -0.39 is 0 Å². The number of likely N-dealkylation sites (tertiary alicyclic amines) is 1. The van der Waals surface area contributed by atoms with Crippen LogP contribution in [0.1, 0.15) is 23.3 Å². The van der Waals surface area contributed by atoms with Crippen LogP contribution in [0.4, 0.5) is 0 Å². The first-order valence-electron chi connectivity index (χ1n) is 5.21. The van der Waals surface area contributed by atoms with E-state index in [1.54, 1.807) is 15.8 Å².